The van der Waals surface area contributed by atoms with Gasteiger partial charge in [0, 0.05) is 30.7 Å². The summed E-state index contributed by atoms with van der Waals surface area (Å²) >= 11 is 0. The lowest BCUT2D eigenvalue weighted by Crippen LogP contribution is -2.57. The number of ether oxygens (including phenoxy) is 1. The number of amides is 1. The number of fused-ring (bicyclic) bond motifs is 2. The molecule has 1 aromatic carbocycles. The van der Waals surface area contributed by atoms with Gasteiger partial charge in [-0.1, -0.05) is 19.1 Å². The number of aromatic nitrogens is 1. The monoisotopic (exact) mass is 434 g/mol. The number of carbonyl (C=O) groups is 1. The Labute approximate surface area is 187 Å². The van der Waals surface area contributed by atoms with Crippen molar-refractivity contribution in [3.05, 3.63) is 59.5 Å². The number of benzene rings is 1. The first-order chi connectivity index (χ1) is 15.5. The van der Waals surface area contributed by atoms with E-state index in [2.05, 4.69) is 22.9 Å². The first-order valence-corrected chi connectivity index (χ1v) is 11.3. The van der Waals surface area contributed by atoms with Crippen LogP contribution in [0.3, 0.4) is 0 Å². The molecule has 3 atom stereocenters. The van der Waals surface area contributed by atoms with E-state index >= 15 is 0 Å². The molecular formula is C25H27FN4O2. The molecular weight excluding hydrogens is 407 g/mol. The van der Waals surface area contributed by atoms with Gasteiger partial charge in [0.2, 0.25) is 5.91 Å². The lowest BCUT2D eigenvalue weighted by Gasteiger charge is -2.42. The van der Waals surface area contributed by atoms with E-state index in [4.69, 9.17) is 10.00 Å². The van der Waals surface area contributed by atoms with Gasteiger partial charge in [0.15, 0.2) is 0 Å². The summed E-state index contributed by atoms with van der Waals surface area (Å²) in [6.07, 6.45) is 4.64. The van der Waals surface area contributed by atoms with Crippen LogP contribution >= 0.6 is 0 Å². The molecule has 0 spiro atoms. The average Bonchev–Trinajstić information content (AvgIpc) is 3.56. The van der Waals surface area contributed by atoms with E-state index in [1.165, 1.54) is 12.1 Å². The van der Waals surface area contributed by atoms with Crippen molar-refractivity contribution in [3.63, 3.8) is 0 Å². The summed E-state index contributed by atoms with van der Waals surface area (Å²) in [4.78, 5) is 21.7. The van der Waals surface area contributed by atoms with Crippen molar-refractivity contribution in [3.8, 4) is 6.07 Å². The highest BCUT2D eigenvalue weighted by Gasteiger charge is 2.47. The van der Waals surface area contributed by atoms with E-state index < -0.39 is 0 Å². The van der Waals surface area contributed by atoms with Gasteiger partial charge in [-0.2, -0.15) is 5.26 Å². The zero-order chi connectivity index (χ0) is 22.3. The van der Waals surface area contributed by atoms with Crippen LogP contribution in [0.25, 0.3) is 0 Å². The van der Waals surface area contributed by atoms with E-state index in [9.17, 15) is 9.18 Å². The molecule has 166 valence electrons. The number of nitrogens with zero attached hydrogens (tertiary/aromatic N) is 4. The minimum atomic E-state index is -0.236. The second-order valence-corrected chi connectivity index (χ2v) is 9.44. The van der Waals surface area contributed by atoms with Gasteiger partial charge in [0.1, 0.15) is 24.3 Å². The van der Waals surface area contributed by atoms with Crippen molar-refractivity contribution in [2.24, 2.45) is 5.92 Å². The van der Waals surface area contributed by atoms with Crippen LogP contribution in [0.5, 0.6) is 0 Å². The van der Waals surface area contributed by atoms with Crippen molar-refractivity contribution >= 4 is 11.7 Å². The molecule has 3 fully saturated rings. The van der Waals surface area contributed by atoms with Crippen LogP contribution in [0.4, 0.5) is 10.2 Å². The van der Waals surface area contributed by atoms with Gasteiger partial charge in [0.05, 0.1) is 18.2 Å². The van der Waals surface area contributed by atoms with Crippen molar-refractivity contribution in [1.82, 2.24) is 9.88 Å². The average molecular weight is 435 g/mol. The normalized spacial score (nSPS) is 25.5. The third-order valence-corrected chi connectivity index (χ3v) is 7.30. The maximum Gasteiger partial charge on any atom is 0.248 e. The van der Waals surface area contributed by atoms with Gasteiger partial charge in [-0.15, -0.1) is 0 Å². The topological polar surface area (TPSA) is 69.5 Å². The van der Waals surface area contributed by atoms with E-state index in [1.807, 2.05) is 23.1 Å². The van der Waals surface area contributed by atoms with Gasteiger partial charge in [-0.05, 0) is 55.0 Å². The molecule has 1 amide bonds. The first-order valence-electron chi connectivity index (χ1n) is 11.3. The minimum absolute atomic E-state index is 0.0245. The quantitative estimate of drug-likeness (QED) is 0.698. The standard InChI is InChI=1S/C25H27FN4O2/c1-17-10-21-13-29(14-22(17)30(21)23-7-2-18(11-27)12-28-23)24(31)15-32-16-25(8-9-25)19-3-5-20(26)6-4-19/h2-7,12,17,21-22H,8-10,13-16H2,1H3/t17-,21?,22?/m0/s1. The van der Waals surface area contributed by atoms with Gasteiger partial charge < -0.3 is 14.5 Å². The minimum Gasteiger partial charge on any atom is -0.371 e. The van der Waals surface area contributed by atoms with E-state index in [-0.39, 0.29) is 35.8 Å². The number of likely N-dealkylation sites (tertiary alicyclic amines) is 1. The Morgan fingerprint density at radius 3 is 2.66 bits per heavy atom. The Hall–Kier alpha value is -2.98. The van der Waals surface area contributed by atoms with Crippen molar-refractivity contribution < 1.29 is 13.9 Å². The van der Waals surface area contributed by atoms with E-state index in [1.54, 1.807) is 12.3 Å². The molecule has 2 saturated heterocycles. The fraction of sp³-hybridized carbons (Fsp3) is 0.480. The highest BCUT2D eigenvalue weighted by Crippen LogP contribution is 2.48. The summed E-state index contributed by atoms with van der Waals surface area (Å²) in [5.41, 5.74) is 1.57. The molecule has 2 aromatic rings. The van der Waals surface area contributed by atoms with Crippen LogP contribution in [0.2, 0.25) is 0 Å². The summed E-state index contributed by atoms with van der Waals surface area (Å²) in [5.74, 6) is 1.13. The number of hydrogen-bond donors (Lipinski definition) is 0. The third kappa shape index (κ3) is 3.84. The van der Waals surface area contributed by atoms with Crippen LogP contribution in [-0.2, 0) is 14.9 Å². The lowest BCUT2D eigenvalue weighted by atomic mass is 9.97. The molecule has 1 aliphatic carbocycles. The fourth-order valence-corrected chi connectivity index (χ4v) is 5.29. The Morgan fingerprint density at radius 1 is 1.25 bits per heavy atom. The summed E-state index contributed by atoms with van der Waals surface area (Å²) < 4.78 is 19.1. The molecule has 5 rings (SSSR count). The number of carbonyl (C=O) groups excluding carboxylic acids is 1. The predicted octanol–water partition coefficient (Wildman–Crippen LogP) is 3.27. The second kappa shape index (κ2) is 8.18. The number of rotatable bonds is 6. The fourth-order valence-electron chi connectivity index (χ4n) is 5.29. The molecule has 3 aliphatic rings. The van der Waals surface area contributed by atoms with Crippen LogP contribution in [-0.4, -0.2) is 54.2 Å². The van der Waals surface area contributed by atoms with Gasteiger partial charge >= 0.3 is 0 Å². The van der Waals surface area contributed by atoms with Gasteiger partial charge in [-0.25, -0.2) is 9.37 Å². The smallest absolute Gasteiger partial charge is 0.248 e. The largest absolute Gasteiger partial charge is 0.371 e. The van der Waals surface area contributed by atoms with Crippen molar-refractivity contribution in [2.45, 2.75) is 43.7 Å². The molecule has 6 nitrogen and oxygen atoms in total. The molecule has 3 heterocycles. The van der Waals surface area contributed by atoms with Crippen LogP contribution in [0, 0.1) is 23.1 Å². The molecule has 2 bridgehead atoms. The predicted molar refractivity (Wildman–Crippen MR) is 117 cm³/mol. The van der Waals surface area contributed by atoms with Crippen molar-refractivity contribution in [2.75, 3.05) is 31.2 Å². The Kier molecular flexibility index (Phi) is 5.34. The van der Waals surface area contributed by atoms with E-state index in [0.29, 0.717) is 31.2 Å². The third-order valence-electron chi connectivity index (χ3n) is 7.30. The molecule has 1 aromatic heterocycles. The number of hydrogen-bond acceptors (Lipinski definition) is 5. The maximum atomic E-state index is 13.2. The lowest BCUT2D eigenvalue weighted by molar-refractivity contribution is -0.137. The highest BCUT2D eigenvalue weighted by atomic mass is 19.1. The zero-order valence-electron chi connectivity index (χ0n) is 18.2. The highest BCUT2D eigenvalue weighted by molar-refractivity contribution is 5.78. The van der Waals surface area contributed by atoms with Gasteiger partial charge in [-0.3, -0.25) is 4.79 Å². The number of pyridine rings is 1. The Morgan fingerprint density at radius 2 is 2.03 bits per heavy atom. The summed E-state index contributed by atoms with van der Waals surface area (Å²) in [5, 5.41) is 9.02. The molecule has 2 aliphatic heterocycles. The maximum absolute atomic E-state index is 13.2. The molecule has 0 N–H and O–H groups in total. The molecule has 2 unspecified atom stereocenters. The SMILES string of the molecule is C[C@H]1CC2CN(C(=O)COCC3(c4ccc(F)cc4)CC3)CC1N2c1ccc(C#N)cn1. The molecule has 7 heteroatoms. The number of nitriles is 1. The Bertz CT molecular complexity index is 1030. The summed E-state index contributed by atoms with van der Waals surface area (Å²) in [7, 11) is 0. The number of halogens is 1. The number of piperazine rings is 1. The number of anilines is 1. The van der Waals surface area contributed by atoms with Crippen LogP contribution in [0.1, 0.15) is 37.3 Å². The summed E-state index contributed by atoms with van der Waals surface area (Å²) in [6, 6.07) is 12.9. The van der Waals surface area contributed by atoms with Crippen LogP contribution < -0.4 is 4.90 Å². The molecule has 0 radical (unpaired) electrons. The second-order valence-electron chi connectivity index (χ2n) is 9.44. The van der Waals surface area contributed by atoms with Gasteiger partial charge in [0.25, 0.3) is 0 Å². The van der Waals surface area contributed by atoms with Crippen LogP contribution in [0.15, 0.2) is 42.6 Å². The summed E-state index contributed by atoms with van der Waals surface area (Å²) in [6.45, 7) is 4.11. The molecule has 32 heavy (non-hydrogen) atoms. The van der Waals surface area contributed by atoms with E-state index in [0.717, 1.165) is 30.6 Å². The zero-order valence-corrected chi connectivity index (χ0v) is 18.2. The molecule has 1 saturated carbocycles. The Balaban J connectivity index is 1.18. The van der Waals surface area contributed by atoms with Crippen molar-refractivity contribution in [1.29, 1.82) is 5.26 Å². The first kappa shape index (κ1) is 20.9.